The summed E-state index contributed by atoms with van der Waals surface area (Å²) in [6.45, 7) is 4.20. The average molecular weight is 260 g/mol. The maximum absolute atomic E-state index is 11.3. The van der Waals surface area contributed by atoms with Crippen molar-refractivity contribution >= 4 is 32.7 Å². The average Bonchev–Trinajstić information content (AvgIpc) is 2.71. The maximum atomic E-state index is 11.3. The molecular formula is C12H12N4OS. The van der Waals surface area contributed by atoms with Gasteiger partial charge in [0, 0.05) is 6.54 Å². The highest BCUT2D eigenvalue weighted by Crippen LogP contribution is 2.31. The summed E-state index contributed by atoms with van der Waals surface area (Å²) in [6.07, 6.45) is 0. The van der Waals surface area contributed by atoms with Crippen LogP contribution in [0.5, 0.6) is 0 Å². The molecule has 0 atom stereocenters. The third-order valence-corrected chi connectivity index (χ3v) is 3.59. The number of amides is 2. The summed E-state index contributed by atoms with van der Waals surface area (Å²) in [6, 6.07) is 5.32. The van der Waals surface area contributed by atoms with E-state index in [-0.39, 0.29) is 0 Å². The Morgan fingerprint density at radius 1 is 1.61 bits per heavy atom. The van der Waals surface area contributed by atoms with Gasteiger partial charge in [-0.25, -0.2) is 9.78 Å². The van der Waals surface area contributed by atoms with E-state index in [1.165, 1.54) is 16.2 Å². The molecule has 0 bridgehead atoms. The Labute approximate surface area is 108 Å². The van der Waals surface area contributed by atoms with Crippen LogP contribution in [0.15, 0.2) is 12.1 Å². The van der Waals surface area contributed by atoms with Gasteiger partial charge in [0.1, 0.15) is 11.6 Å². The van der Waals surface area contributed by atoms with Crippen LogP contribution in [0, 0.1) is 18.3 Å². The van der Waals surface area contributed by atoms with Gasteiger partial charge in [0.2, 0.25) is 0 Å². The van der Waals surface area contributed by atoms with E-state index < -0.39 is 6.03 Å². The lowest BCUT2D eigenvalue weighted by Crippen LogP contribution is -2.35. The summed E-state index contributed by atoms with van der Waals surface area (Å²) in [7, 11) is 0. The second kappa shape index (κ2) is 4.63. The number of hydrogen-bond acceptors (Lipinski definition) is 4. The van der Waals surface area contributed by atoms with Crippen LogP contribution in [-0.2, 0) is 0 Å². The fraction of sp³-hybridized carbons (Fsp3) is 0.250. The first kappa shape index (κ1) is 12.3. The SMILES string of the molecule is CCN(C(N)=O)c1nc2c(C#N)cc(C)cc2s1. The Kier molecular flexibility index (Phi) is 3.17. The van der Waals surface area contributed by atoms with Crippen LogP contribution in [0.2, 0.25) is 0 Å². The van der Waals surface area contributed by atoms with Crippen molar-refractivity contribution in [2.45, 2.75) is 13.8 Å². The normalized spacial score (nSPS) is 10.3. The number of rotatable bonds is 2. The summed E-state index contributed by atoms with van der Waals surface area (Å²) in [5, 5.41) is 9.61. The molecule has 0 aliphatic rings. The smallest absolute Gasteiger partial charge is 0.321 e. The van der Waals surface area contributed by atoms with E-state index >= 15 is 0 Å². The van der Waals surface area contributed by atoms with Crippen molar-refractivity contribution in [3.05, 3.63) is 23.3 Å². The van der Waals surface area contributed by atoms with Gasteiger partial charge in [-0.3, -0.25) is 4.90 Å². The summed E-state index contributed by atoms with van der Waals surface area (Å²) in [5.74, 6) is 0. The maximum Gasteiger partial charge on any atom is 0.321 e. The van der Waals surface area contributed by atoms with Crippen LogP contribution < -0.4 is 10.6 Å². The Balaban J connectivity index is 2.64. The molecule has 0 aliphatic heterocycles. The molecule has 18 heavy (non-hydrogen) atoms. The van der Waals surface area contributed by atoms with Gasteiger partial charge < -0.3 is 5.73 Å². The lowest BCUT2D eigenvalue weighted by molar-refractivity contribution is 0.254. The number of benzene rings is 1. The number of anilines is 1. The number of nitrogens with zero attached hydrogens (tertiary/aromatic N) is 3. The van der Waals surface area contributed by atoms with E-state index in [0.29, 0.717) is 22.8 Å². The van der Waals surface area contributed by atoms with Crippen LogP contribution in [0.3, 0.4) is 0 Å². The minimum absolute atomic E-state index is 0.454. The van der Waals surface area contributed by atoms with Crippen LogP contribution in [0.25, 0.3) is 10.2 Å². The van der Waals surface area contributed by atoms with Crippen molar-refractivity contribution < 1.29 is 4.79 Å². The van der Waals surface area contributed by atoms with Gasteiger partial charge in [-0.15, -0.1) is 0 Å². The molecule has 5 nitrogen and oxygen atoms in total. The molecule has 2 N–H and O–H groups in total. The molecule has 0 aliphatic carbocycles. The first-order valence-corrected chi connectivity index (χ1v) is 6.26. The second-order valence-electron chi connectivity index (χ2n) is 3.85. The number of thiazole rings is 1. The third-order valence-electron chi connectivity index (χ3n) is 2.56. The van der Waals surface area contributed by atoms with Gasteiger partial charge in [0.15, 0.2) is 5.13 Å². The van der Waals surface area contributed by atoms with Crippen LogP contribution in [0.4, 0.5) is 9.93 Å². The van der Waals surface area contributed by atoms with Crippen molar-refractivity contribution in [3.63, 3.8) is 0 Å². The molecule has 1 aromatic heterocycles. The lowest BCUT2D eigenvalue weighted by atomic mass is 10.1. The molecule has 0 radical (unpaired) electrons. The van der Waals surface area contributed by atoms with Crippen LogP contribution in [-0.4, -0.2) is 17.6 Å². The second-order valence-corrected chi connectivity index (χ2v) is 4.86. The number of nitrogens with two attached hydrogens (primary N) is 1. The van der Waals surface area contributed by atoms with Crippen LogP contribution >= 0.6 is 11.3 Å². The first-order chi connectivity index (χ1) is 8.56. The lowest BCUT2D eigenvalue weighted by Gasteiger charge is -2.13. The largest absolute Gasteiger partial charge is 0.351 e. The van der Waals surface area contributed by atoms with Crippen molar-refractivity contribution in [1.82, 2.24) is 4.98 Å². The molecule has 0 fully saturated rings. The highest BCUT2D eigenvalue weighted by molar-refractivity contribution is 7.22. The first-order valence-electron chi connectivity index (χ1n) is 5.45. The molecule has 2 amide bonds. The number of aryl methyl sites for hydroxylation is 1. The molecule has 6 heteroatoms. The van der Waals surface area contributed by atoms with Gasteiger partial charge >= 0.3 is 6.03 Å². The summed E-state index contributed by atoms with van der Waals surface area (Å²) in [4.78, 5) is 17.0. The number of primary amides is 1. The molecule has 0 spiro atoms. The fourth-order valence-corrected chi connectivity index (χ4v) is 2.90. The minimum atomic E-state index is -0.535. The number of aromatic nitrogens is 1. The summed E-state index contributed by atoms with van der Waals surface area (Å²) < 4.78 is 0.890. The van der Waals surface area contributed by atoms with Gasteiger partial charge in [0.25, 0.3) is 0 Å². The third kappa shape index (κ3) is 2.00. The zero-order valence-electron chi connectivity index (χ0n) is 10.1. The monoisotopic (exact) mass is 260 g/mol. The molecular weight excluding hydrogens is 248 g/mol. The zero-order valence-corrected chi connectivity index (χ0v) is 10.9. The number of fused-ring (bicyclic) bond motifs is 1. The number of urea groups is 1. The molecule has 2 aromatic rings. The van der Waals surface area contributed by atoms with E-state index in [2.05, 4.69) is 11.1 Å². The molecule has 2 rings (SSSR count). The van der Waals surface area contributed by atoms with E-state index in [1.54, 1.807) is 6.07 Å². The Hall–Kier alpha value is -2.13. The number of carbonyl (C=O) groups is 1. The topological polar surface area (TPSA) is 83.0 Å². The number of nitriles is 1. The molecule has 1 heterocycles. The summed E-state index contributed by atoms with van der Waals surface area (Å²) >= 11 is 1.36. The van der Waals surface area contributed by atoms with Crippen molar-refractivity contribution in [3.8, 4) is 6.07 Å². The van der Waals surface area contributed by atoms with Crippen molar-refractivity contribution in [2.24, 2.45) is 5.73 Å². The van der Waals surface area contributed by atoms with Gasteiger partial charge in [-0.05, 0) is 31.5 Å². The van der Waals surface area contributed by atoms with E-state index in [4.69, 9.17) is 11.0 Å². The minimum Gasteiger partial charge on any atom is -0.351 e. The quantitative estimate of drug-likeness (QED) is 0.899. The zero-order chi connectivity index (χ0) is 13.3. The molecule has 92 valence electrons. The number of carbonyl (C=O) groups excluding carboxylic acids is 1. The highest BCUT2D eigenvalue weighted by Gasteiger charge is 2.16. The van der Waals surface area contributed by atoms with E-state index in [0.717, 1.165) is 10.3 Å². The predicted molar refractivity (Wildman–Crippen MR) is 71.7 cm³/mol. The van der Waals surface area contributed by atoms with E-state index in [9.17, 15) is 4.79 Å². The van der Waals surface area contributed by atoms with Crippen molar-refractivity contribution in [1.29, 1.82) is 5.26 Å². The van der Waals surface area contributed by atoms with E-state index in [1.807, 2.05) is 19.9 Å². The highest BCUT2D eigenvalue weighted by atomic mass is 32.1. The molecule has 0 saturated carbocycles. The van der Waals surface area contributed by atoms with Gasteiger partial charge in [0.05, 0.1) is 10.3 Å². The number of hydrogen-bond donors (Lipinski definition) is 1. The summed E-state index contributed by atoms with van der Waals surface area (Å²) in [5.41, 5.74) is 7.44. The molecule has 0 unspecified atom stereocenters. The van der Waals surface area contributed by atoms with Gasteiger partial charge in [-0.1, -0.05) is 11.3 Å². The predicted octanol–water partition coefficient (Wildman–Crippen LogP) is 2.38. The molecule has 0 saturated heterocycles. The standard InChI is InChI=1S/C12H12N4OS/c1-3-16(11(14)17)12-15-10-8(6-13)4-7(2)5-9(10)18-12/h4-5H,3H2,1-2H3,(H2,14,17). The fourth-order valence-electron chi connectivity index (χ4n) is 1.74. The van der Waals surface area contributed by atoms with Gasteiger partial charge in [-0.2, -0.15) is 5.26 Å². The van der Waals surface area contributed by atoms with Crippen molar-refractivity contribution in [2.75, 3.05) is 11.4 Å². The molecule has 1 aromatic carbocycles. The Morgan fingerprint density at radius 2 is 2.33 bits per heavy atom. The Morgan fingerprint density at radius 3 is 2.89 bits per heavy atom. The van der Waals surface area contributed by atoms with Crippen LogP contribution in [0.1, 0.15) is 18.1 Å². The Bertz CT molecular complexity index is 656.